The average Bonchev–Trinajstić information content (AvgIpc) is 2.78. The minimum absolute atomic E-state index is 0.0884. The summed E-state index contributed by atoms with van der Waals surface area (Å²) in [5.41, 5.74) is 2.54. The molecule has 5 rings (SSSR count). The Morgan fingerprint density at radius 2 is 1.78 bits per heavy atom. The van der Waals surface area contributed by atoms with Crippen molar-refractivity contribution in [3.8, 4) is 5.75 Å². The van der Waals surface area contributed by atoms with Crippen LogP contribution in [-0.2, 0) is 27.8 Å². The number of benzene rings is 2. The summed E-state index contributed by atoms with van der Waals surface area (Å²) in [7, 11) is -3.61. The quantitative estimate of drug-likeness (QED) is 0.695. The molecule has 0 atom stereocenters. The molecule has 8 heteroatoms. The minimum Gasteiger partial charge on any atom is -0.488 e. The van der Waals surface area contributed by atoms with Crippen LogP contribution in [0.2, 0.25) is 0 Å². The van der Waals surface area contributed by atoms with E-state index in [1.54, 1.807) is 23.1 Å². The van der Waals surface area contributed by atoms with E-state index in [0.29, 0.717) is 30.8 Å². The smallest absolute Gasteiger partial charge is 0.414 e. The summed E-state index contributed by atoms with van der Waals surface area (Å²) in [4.78, 5) is 14.5. The lowest BCUT2D eigenvalue weighted by molar-refractivity contribution is 0.0845. The molecule has 170 valence electrons. The third-order valence-electron chi connectivity index (χ3n) is 6.64. The fourth-order valence-electron chi connectivity index (χ4n) is 4.81. The van der Waals surface area contributed by atoms with Crippen molar-refractivity contribution in [2.75, 3.05) is 18.0 Å². The Morgan fingerprint density at radius 1 is 1.03 bits per heavy atom. The van der Waals surface area contributed by atoms with Crippen molar-refractivity contribution in [3.05, 3.63) is 53.6 Å². The number of hydrogen-bond acceptors (Lipinski definition) is 5. The predicted molar refractivity (Wildman–Crippen MR) is 120 cm³/mol. The molecule has 1 saturated heterocycles. The number of rotatable bonds is 3. The van der Waals surface area contributed by atoms with E-state index in [-0.39, 0.29) is 24.3 Å². The van der Waals surface area contributed by atoms with Crippen molar-refractivity contribution < 1.29 is 22.7 Å². The van der Waals surface area contributed by atoms with Gasteiger partial charge in [-0.25, -0.2) is 13.2 Å². The highest BCUT2D eigenvalue weighted by Crippen LogP contribution is 2.36. The van der Waals surface area contributed by atoms with Gasteiger partial charge in [-0.15, -0.1) is 0 Å². The largest absolute Gasteiger partial charge is 0.488 e. The van der Waals surface area contributed by atoms with Crippen LogP contribution in [0.15, 0.2) is 47.4 Å². The number of para-hydroxylation sites is 1. The number of anilines is 1. The number of piperidine rings is 1. The molecule has 3 heterocycles. The van der Waals surface area contributed by atoms with Crippen LogP contribution in [-0.4, -0.2) is 43.5 Å². The summed E-state index contributed by atoms with van der Waals surface area (Å²) in [6, 6.07) is 12.8. The lowest BCUT2D eigenvalue weighted by Gasteiger charge is -2.39. The van der Waals surface area contributed by atoms with E-state index in [4.69, 9.17) is 9.47 Å². The van der Waals surface area contributed by atoms with Crippen LogP contribution >= 0.6 is 0 Å². The third-order valence-corrected chi connectivity index (χ3v) is 8.53. The molecule has 3 aliphatic rings. The normalized spacial score (nSPS) is 21.3. The van der Waals surface area contributed by atoms with Gasteiger partial charge in [-0.3, -0.25) is 4.90 Å². The topological polar surface area (TPSA) is 76.2 Å². The molecule has 0 N–H and O–H groups in total. The van der Waals surface area contributed by atoms with E-state index in [0.717, 1.165) is 35.4 Å². The molecule has 3 aliphatic heterocycles. The van der Waals surface area contributed by atoms with E-state index < -0.39 is 10.0 Å². The van der Waals surface area contributed by atoms with Gasteiger partial charge in [0.2, 0.25) is 10.0 Å². The first-order valence-corrected chi connectivity index (χ1v) is 12.5. The van der Waals surface area contributed by atoms with Crippen molar-refractivity contribution >= 4 is 21.8 Å². The lowest BCUT2D eigenvalue weighted by atomic mass is 9.94. The maximum Gasteiger partial charge on any atom is 0.414 e. The van der Waals surface area contributed by atoms with E-state index in [9.17, 15) is 13.2 Å². The first kappa shape index (κ1) is 21.3. The van der Waals surface area contributed by atoms with Gasteiger partial charge in [0.15, 0.2) is 0 Å². The summed E-state index contributed by atoms with van der Waals surface area (Å²) >= 11 is 0. The Hall–Kier alpha value is -2.58. The summed E-state index contributed by atoms with van der Waals surface area (Å²) in [6.45, 7) is 5.08. The predicted octanol–water partition coefficient (Wildman–Crippen LogP) is 4.10. The number of carbonyl (C=O) groups is 1. The van der Waals surface area contributed by atoms with Crippen LogP contribution in [0, 0.1) is 0 Å². The second-order valence-electron chi connectivity index (χ2n) is 9.32. The molecule has 32 heavy (non-hydrogen) atoms. The molecule has 0 saturated carbocycles. The third kappa shape index (κ3) is 3.75. The van der Waals surface area contributed by atoms with Gasteiger partial charge in [0.1, 0.15) is 18.0 Å². The Labute approximate surface area is 189 Å². The van der Waals surface area contributed by atoms with Gasteiger partial charge >= 0.3 is 6.09 Å². The summed E-state index contributed by atoms with van der Waals surface area (Å²) < 4.78 is 39.5. The van der Waals surface area contributed by atoms with Crippen LogP contribution in [0.25, 0.3) is 0 Å². The zero-order chi connectivity index (χ0) is 22.5. The summed E-state index contributed by atoms with van der Waals surface area (Å²) in [6.07, 6.45) is 2.41. The van der Waals surface area contributed by atoms with Gasteiger partial charge < -0.3 is 9.47 Å². The number of amides is 1. The molecule has 1 amide bonds. The zero-order valence-electron chi connectivity index (χ0n) is 18.4. The Bertz CT molecular complexity index is 1150. The second-order valence-corrected chi connectivity index (χ2v) is 11.3. The number of cyclic esters (lactones) is 1. The van der Waals surface area contributed by atoms with Gasteiger partial charge in [0.05, 0.1) is 10.6 Å². The summed E-state index contributed by atoms with van der Waals surface area (Å²) in [5, 5.41) is 0. The number of fused-ring (bicyclic) bond motifs is 2. The Morgan fingerprint density at radius 3 is 2.56 bits per heavy atom. The van der Waals surface area contributed by atoms with E-state index in [1.165, 1.54) is 4.31 Å². The Kier molecular flexibility index (Phi) is 5.17. The number of carbonyl (C=O) groups excluding carboxylic acids is 1. The van der Waals surface area contributed by atoms with Crippen LogP contribution in [0.1, 0.15) is 44.2 Å². The van der Waals surface area contributed by atoms with Crippen LogP contribution in [0.5, 0.6) is 5.75 Å². The molecular weight excluding hydrogens is 428 g/mol. The van der Waals surface area contributed by atoms with E-state index in [2.05, 4.69) is 0 Å². The van der Waals surface area contributed by atoms with Crippen LogP contribution in [0.4, 0.5) is 10.5 Å². The fourth-order valence-corrected chi connectivity index (χ4v) is 6.33. The average molecular weight is 457 g/mol. The highest BCUT2D eigenvalue weighted by molar-refractivity contribution is 7.89. The number of aryl methyl sites for hydroxylation is 1. The zero-order valence-corrected chi connectivity index (χ0v) is 19.2. The van der Waals surface area contributed by atoms with E-state index >= 15 is 0 Å². The number of ether oxygens (including phenoxy) is 2. The standard InChI is InChI=1S/C24H28N2O5S/c1-24(2)12-9-17-15-20(7-8-22(17)31-24)32(28,29)25-13-10-19(11-14-25)26-21-6-4-3-5-18(21)16-30-23(26)27/h3-8,15,19H,9-14,16H2,1-2H3. The first-order valence-electron chi connectivity index (χ1n) is 11.1. The first-order chi connectivity index (χ1) is 15.2. The lowest BCUT2D eigenvalue weighted by Crippen LogP contribution is -2.50. The van der Waals surface area contributed by atoms with Crippen LogP contribution < -0.4 is 9.64 Å². The number of nitrogens with zero attached hydrogens (tertiary/aromatic N) is 2. The molecule has 2 aromatic carbocycles. The monoisotopic (exact) mass is 456 g/mol. The van der Waals surface area contributed by atoms with Crippen molar-refractivity contribution in [1.82, 2.24) is 4.31 Å². The molecular formula is C24H28N2O5S. The molecule has 0 unspecified atom stereocenters. The molecule has 0 bridgehead atoms. The van der Waals surface area contributed by atoms with Gasteiger partial charge in [0, 0.05) is 24.7 Å². The fraction of sp³-hybridized carbons (Fsp3) is 0.458. The highest BCUT2D eigenvalue weighted by Gasteiger charge is 2.37. The number of hydrogen-bond donors (Lipinski definition) is 0. The second kappa shape index (κ2) is 7.78. The highest BCUT2D eigenvalue weighted by atomic mass is 32.2. The molecule has 2 aromatic rings. The van der Waals surface area contributed by atoms with Crippen molar-refractivity contribution in [3.63, 3.8) is 0 Å². The van der Waals surface area contributed by atoms with E-state index in [1.807, 2.05) is 38.1 Å². The van der Waals surface area contributed by atoms with Crippen molar-refractivity contribution in [2.45, 2.75) is 62.7 Å². The maximum absolute atomic E-state index is 13.3. The van der Waals surface area contributed by atoms with Crippen molar-refractivity contribution in [1.29, 1.82) is 0 Å². The van der Waals surface area contributed by atoms with Gasteiger partial charge in [-0.2, -0.15) is 4.31 Å². The molecule has 0 aliphatic carbocycles. The number of sulfonamides is 1. The van der Waals surface area contributed by atoms with Crippen LogP contribution in [0.3, 0.4) is 0 Å². The molecule has 1 fully saturated rings. The molecule has 7 nitrogen and oxygen atoms in total. The summed E-state index contributed by atoms with van der Waals surface area (Å²) in [5.74, 6) is 0.765. The Balaban J connectivity index is 1.32. The SMILES string of the molecule is CC1(C)CCc2cc(S(=O)(=O)N3CCC(N4C(=O)OCc5ccccc54)CC3)ccc2O1. The maximum atomic E-state index is 13.3. The van der Waals surface area contributed by atoms with Gasteiger partial charge in [-0.05, 0) is 69.4 Å². The van der Waals surface area contributed by atoms with Gasteiger partial charge in [-0.1, -0.05) is 18.2 Å². The molecule has 0 aromatic heterocycles. The minimum atomic E-state index is -3.61. The van der Waals surface area contributed by atoms with Crippen molar-refractivity contribution in [2.24, 2.45) is 0 Å². The molecule has 0 radical (unpaired) electrons. The van der Waals surface area contributed by atoms with Gasteiger partial charge in [0.25, 0.3) is 0 Å². The molecule has 0 spiro atoms.